The van der Waals surface area contributed by atoms with Crippen molar-refractivity contribution in [1.82, 2.24) is 0 Å². The van der Waals surface area contributed by atoms with E-state index in [4.69, 9.17) is 9.47 Å². The topological polar surface area (TPSA) is 90.7 Å². The van der Waals surface area contributed by atoms with Gasteiger partial charge in [-0.15, -0.1) is 0 Å². The van der Waals surface area contributed by atoms with E-state index in [2.05, 4.69) is 5.32 Å². The highest BCUT2D eigenvalue weighted by atomic mass is 16.6. The van der Waals surface area contributed by atoms with Gasteiger partial charge in [-0.1, -0.05) is 29.8 Å². The largest absolute Gasteiger partial charge is 0.497 e. The highest BCUT2D eigenvalue weighted by Gasteiger charge is 2.28. The van der Waals surface area contributed by atoms with Gasteiger partial charge in [-0.25, -0.2) is 4.79 Å². The molecule has 0 heterocycles. The number of nitro groups is 1. The second-order valence-electron chi connectivity index (χ2n) is 5.95. The number of carbonyl (C=O) groups is 1. The van der Waals surface area contributed by atoms with E-state index < -0.39 is 23.4 Å². The van der Waals surface area contributed by atoms with E-state index in [9.17, 15) is 14.9 Å². The maximum absolute atomic E-state index is 12.4. The summed E-state index contributed by atoms with van der Waals surface area (Å²) in [7, 11) is 2.76. The van der Waals surface area contributed by atoms with Gasteiger partial charge >= 0.3 is 5.97 Å². The van der Waals surface area contributed by atoms with Crippen molar-refractivity contribution >= 4 is 11.7 Å². The fourth-order valence-corrected chi connectivity index (χ4v) is 2.62. The van der Waals surface area contributed by atoms with Gasteiger partial charge in [0.05, 0.1) is 25.7 Å². The molecule has 0 aliphatic rings. The number of methoxy groups -OCH3 is 2. The van der Waals surface area contributed by atoms with Crippen molar-refractivity contribution in [3.8, 4) is 5.75 Å². The van der Waals surface area contributed by atoms with Crippen molar-refractivity contribution in [2.75, 3.05) is 26.1 Å². The predicted molar refractivity (Wildman–Crippen MR) is 102 cm³/mol. The molecule has 0 aliphatic carbocycles. The molecule has 0 aliphatic heterocycles. The van der Waals surface area contributed by atoms with Gasteiger partial charge in [0, 0.05) is 16.8 Å². The number of hydrogen-bond donors (Lipinski definition) is 1. The summed E-state index contributed by atoms with van der Waals surface area (Å²) >= 11 is 0. The van der Waals surface area contributed by atoms with Gasteiger partial charge in [-0.3, -0.25) is 10.1 Å². The van der Waals surface area contributed by atoms with E-state index in [1.165, 1.54) is 20.4 Å². The van der Waals surface area contributed by atoms with Gasteiger partial charge in [0.25, 0.3) is 0 Å². The van der Waals surface area contributed by atoms with Crippen LogP contribution in [0.1, 0.15) is 17.0 Å². The van der Waals surface area contributed by atoms with Crippen LogP contribution < -0.4 is 10.1 Å². The lowest BCUT2D eigenvalue weighted by atomic mass is 9.91. The first-order valence-electron chi connectivity index (χ1n) is 8.32. The molecular weight excluding hydrogens is 348 g/mol. The first kappa shape index (κ1) is 20.0. The second kappa shape index (κ2) is 9.38. The van der Waals surface area contributed by atoms with E-state index in [-0.39, 0.29) is 5.57 Å². The lowest BCUT2D eigenvalue weighted by Crippen LogP contribution is -2.21. The van der Waals surface area contributed by atoms with Gasteiger partial charge in [-0.2, -0.15) is 0 Å². The van der Waals surface area contributed by atoms with E-state index in [1.54, 1.807) is 24.3 Å². The van der Waals surface area contributed by atoms with Gasteiger partial charge in [0.2, 0.25) is 6.54 Å². The van der Waals surface area contributed by atoms with E-state index >= 15 is 0 Å². The third-order valence-electron chi connectivity index (χ3n) is 4.07. The van der Waals surface area contributed by atoms with Gasteiger partial charge < -0.3 is 14.8 Å². The quantitative estimate of drug-likeness (QED) is 0.331. The standard InChI is InChI=1S/C20H22N2O5/c1-14-7-9-16(10-8-14)21-12-18(20(23)27-3)19(13-22(24)25)15-5-4-6-17(11-15)26-2/h4-12,19,21H,13H2,1-3H3/b18-12-. The molecule has 0 bridgehead atoms. The van der Waals surface area contributed by atoms with Gasteiger partial charge in [0.15, 0.2) is 0 Å². The van der Waals surface area contributed by atoms with E-state index in [0.29, 0.717) is 11.3 Å². The molecule has 0 amide bonds. The molecule has 0 spiro atoms. The third-order valence-corrected chi connectivity index (χ3v) is 4.07. The molecule has 0 aromatic heterocycles. The molecule has 7 heteroatoms. The number of benzene rings is 2. The van der Waals surface area contributed by atoms with Crippen LogP contribution >= 0.6 is 0 Å². The first-order chi connectivity index (χ1) is 12.9. The Morgan fingerprint density at radius 3 is 2.52 bits per heavy atom. The van der Waals surface area contributed by atoms with Crippen LogP contribution in [0.4, 0.5) is 5.69 Å². The minimum atomic E-state index is -0.791. The van der Waals surface area contributed by atoms with Crippen molar-refractivity contribution in [3.63, 3.8) is 0 Å². The Kier molecular flexibility index (Phi) is 6.93. The maximum atomic E-state index is 12.4. The fraction of sp³-hybridized carbons (Fsp3) is 0.250. The number of nitrogens with one attached hydrogen (secondary N) is 1. The number of carbonyl (C=O) groups excluding carboxylic acids is 1. The number of hydrogen-bond acceptors (Lipinski definition) is 6. The van der Waals surface area contributed by atoms with Crippen LogP contribution in [0.5, 0.6) is 5.75 Å². The van der Waals surface area contributed by atoms with Crippen LogP contribution in [0.3, 0.4) is 0 Å². The summed E-state index contributed by atoms with van der Waals surface area (Å²) < 4.78 is 10.1. The van der Waals surface area contributed by atoms with Gasteiger partial charge in [-0.05, 0) is 36.8 Å². The Labute approximate surface area is 157 Å². The number of esters is 1. The summed E-state index contributed by atoms with van der Waals surface area (Å²) in [5.41, 5.74) is 2.60. The molecule has 142 valence electrons. The molecule has 0 saturated heterocycles. The lowest BCUT2D eigenvalue weighted by molar-refractivity contribution is -0.481. The first-order valence-corrected chi connectivity index (χ1v) is 8.32. The van der Waals surface area contributed by atoms with Crippen molar-refractivity contribution in [1.29, 1.82) is 0 Å². The molecule has 0 fully saturated rings. The lowest BCUT2D eigenvalue weighted by Gasteiger charge is -2.17. The summed E-state index contributed by atoms with van der Waals surface area (Å²) in [5, 5.41) is 14.3. The Hall–Kier alpha value is -3.35. The van der Waals surface area contributed by atoms with Crippen LogP contribution in [-0.2, 0) is 9.53 Å². The molecule has 1 unspecified atom stereocenters. The number of ether oxygens (including phenoxy) is 2. The third kappa shape index (κ3) is 5.57. The molecule has 7 nitrogen and oxygen atoms in total. The average Bonchev–Trinajstić information content (AvgIpc) is 2.68. The van der Waals surface area contributed by atoms with Crippen LogP contribution in [-0.4, -0.2) is 31.7 Å². The monoisotopic (exact) mass is 370 g/mol. The van der Waals surface area contributed by atoms with Crippen molar-refractivity contribution in [3.05, 3.63) is 81.5 Å². The number of nitrogens with zero attached hydrogens (tertiary/aromatic N) is 1. The number of rotatable bonds is 8. The highest BCUT2D eigenvalue weighted by Crippen LogP contribution is 2.28. The van der Waals surface area contributed by atoms with E-state index in [0.717, 1.165) is 11.3 Å². The minimum absolute atomic E-state index is 0.156. The van der Waals surface area contributed by atoms with Crippen LogP contribution in [0.2, 0.25) is 0 Å². The van der Waals surface area contributed by atoms with Crippen LogP contribution in [0, 0.1) is 17.0 Å². The zero-order chi connectivity index (χ0) is 19.8. The number of aryl methyl sites for hydroxylation is 1. The van der Waals surface area contributed by atoms with Crippen LogP contribution in [0.15, 0.2) is 60.3 Å². The number of anilines is 1. The van der Waals surface area contributed by atoms with Crippen molar-refractivity contribution < 1.29 is 19.2 Å². The highest BCUT2D eigenvalue weighted by molar-refractivity contribution is 5.90. The maximum Gasteiger partial charge on any atom is 0.336 e. The Bertz CT molecular complexity index is 831. The molecule has 27 heavy (non-hydrogen) atoms. The summed E-state index contributed by atoms with van der Waals surface area (Å²) in [4.78, 5) is 23.1. The minimum Gasteiger partial charge on any atom is -0.497 e. The summed E-state index contributed by atoms with van der Waals surface area (Å²) in [5.74, 6) is -0.874. The molecule has 0 saturated carbocycles. The zero-order valence-electron chi connectivity index (χ0n) is 15.5. The van der Waals surface area contributed by atoms with Crippen molar-refractivity contribution in [2.45, 2.75) is 12.8 Å². The molecule has 1 atom stereocenters. The second-order valence-corrected chi connectivity index (χ2v) is 5.95. The van der Waals surface area contributed by atoms with E-state index in [1.807, 2.05) is 31.2 Å². The zero-order valence-corrected chi connectivity index (χ0v) is 15.5. The Morgan fingerprint density at radius 1 is 1.22 bits per heavy atom. The summed E-state index contributed by atoms with van der Waals surface area (Å²) in [6.45, 7) is 1.51. The molecule has 2 rings (SSSR count). The molecule has 1 N–H and O–H groups in total. The fourth-order valence-electron chi connectivity index (χ4n) is 2.62. The summed E-state index contributed by atoms with van der Waals surface area (Å²) in [6, 6.07) is 14.4. The SMILES string of the molecule is COC(=O)/C(=C\Nc1ccc(C)cc1)C(C[N+](=O)[O-])c1cccc(OC)c1. The summed E-state index contributed by atoms with van der Waals surface area (Å²) in [6.07, 6.45) is 1.46. The average molecular weight is 370 g/mol. The molecule has 2 aromatic rings. The van der Waals surface area contributed by atoms with Crippen molar-refractivity contribution in [2.24, 2.45) is 0 Å². The Balaban J connectivity index is 2.43. The Morgan fingerprint density at radius 2 is 1.93 bits per heavy atom. The smallest absolute Gasteiger partial charge is 0.336 e. The predicted octanol–water partition coefficient (Wildman–Crippen LogP) is 3.53. The molecule has 0 radical (unpaired) electrons. The van der Waals surface area contributed by atoms with Crippen LogP contribution in [0.25, 0.3) is 0 Å². The van der Waals surface area contributed by atoms with Gasteiger partial charge in [0.1, 0.15) is 5.75 Å². The molecular formula is C20H22N2O5. The normalized spacial score (nSPS) is 12.2. The molecule has 2 aromatic carbocycles.